The Morgan fingerprint density at radius 1 is 1.10 bits per heavy atom. The smallest absolute Gasteiger partial charge is 0.261 e. The van der Waals surface area contributed by atoms with E-state index in [9.17, 15) is 12.8 Å². The molecule has 0 saturated carbocycles. The molecule has 8 heteroatoms. The van der Waals surface area contributed by atoms with Gasteiger partial charge in [0.2, 0.25) is 0 Å². The molecule has 0 aliphatic carbocycles. The van der Waals surface area contributed by atoms with Crippen molar-refractivity contribution in [3.05, 3.63) is 53.3 Å². The second-order valence-electron chi connectivity index (χ2n) is 3.90. The predicted molar refractivity (Wildman–Crippen MR) is 76.5 cm³/mol. The number of anilines is 2. The second kappa shape index (κ2) is 5.66. The van der Waals surface area contributed by atoms with E-state index in [0.29, 0.717) is 5.69 Å². The van der Waals surface area contributed by atoms with E-state index in [-0.39, 0.29) is 15.6 Å². The van der Waals surface area contributed by atoms with Crippen LogP contribution in [0.25, 0.3) is 0 Å². The van der Waals surface area contributed by atoms with E-state index in [2.05, 4.69) is 10.1 Å². The van der Waals surface area contributed by atoms with Gasteiger partial charge in [-0.1, -0.05) is 11.6 Å². The highest BCUT2D eigenvalue weighted by atomic mass is 35.5. The van der Waals surface area contributed by atoms with Gasteiger partial charge in [0.1, 0.15) is 5.82 Å². The topological polar surface area (TPSA) is 84.2 Å². The first-order valence-electron chi connectivity index (χ1n) is 5.47. The Labute approximate surface area is 120 Å². The van der Waals surface area contributed by atoms with Crippen molar-refractivity contribution in [3.8, 4) is 0 Å². The minimum Gasteiger partial charge on any atom is -0.324 e. The zero-order valence-corrected chi connectivity index (χ0v) is 11.7. The molecule has 0 amide bonds. The van der Waals surface area contributed by atoms with Crippen molar-refractivity contribution in [1.82, 2.24) is 0 Å². The third kappa shape index (κ3) is 3.19. The first-order valence-corrected chi connectivity index (χ1v) is 7.33. The fraction of sp³-hybridized carbons (Fsp3) is 0. The normalized spacial score (nSPS) is 11.2. The minimum atomic E-state index is -3.89. The van der Waals surface area contributed by atoms with Crippen LogP contribution in [0.15, 0.2) is 47.4 Å². The van der Waals surface area contributed by atoms with Gasteiger partial charge in [-0.3, -0.25) is 10.6 Å². The lowest BCUT2D eigenvalue weighted by atomic mass is 10.3. The molecule has 2 aromatic rings. The van der Waals surface area contributed by atoms with Gasteiger partial charge in [0.15, 0.2) is 0 Å². The van der Waals surface area contributed by atoms with Crippen LogP contribution in [0.1, 0.15) is 0 Å². The number of benzene rings is 2. The lowest BCUT2D eigenvalue weighted by Gasteiger charge is -2.10. The van der Waals surface area contributed by atoms with Crippen molar-refractivity contribution in [3.63, 3.8) is 0 Å². The maximum atomic E-state index is 13.5. The van der Waals surface area contributed by atoms with Crippen molar-refractivity contribution in [2.75, 3.05) is 10.1 Å². The number of rotatable bonds is 4. The van der Waals surface area contributed by atoms with E-state index in [0.717, 1.165) is 6.07 Å². The maximum Gasteiger partial charge on any atom is 0.261 e. The highest BCUT2D eigenvalue weighted by Gasteiger charge is 2.16. The summed E-state index contributed by atoms with van der Waals surface area (Å²) in [6.45, 7) is 0. The molecule has 0 spiro atoms. The minimum absolute atomic E-state index is 0.0177. The fourth-order valence-corrected chi connectivity index (χ4v) is 2.74. The van der Waals surface area contributed by atoms with Crippen LogP contribution in [-0.2, 0) is 10.0 Å². The van der Waals surface area contributed by atoms with Crippen LogP contribution >= 0.6 is 11.6 Å². The van der Waals surface area contributed by atoms with Crippen LogP contribution in [0, 0.1) is 5.82 Å². The summed E-state index contributed by atoms with van der Waals surface area (Å²) in [5.41, 5.74) is 2.72. The molecule has 0 radical (unpaired) electrons. The lowest BCUT2D eigenvalue weighted by molar-refractivity contribution is 0.598. The van der Waals surface area contributed by atoms with Crippen LogP contribution in [0.3, 0.4) is 0 Å². The van der Waals surface area contributed by atoms with Gasteiger partial charge in [0.25, 0.3) is 10.0 Å². The van der Waals surface area contributed by atoms with E-state index in [1.54, 1.807) is 0 Å². The van der Waals surface area contributed by atoms with Crippen LogP contribution in [0.5, 0.6) is 0 Å². The SMILES string of the molecule is NNc1ccc(S(=O)(=O)Nc2cc(Cl)ccc2F)cc1. The summed E-state index contributed by atoms with van der Waals surface area (Å²) in [4.78, 5) is -0.0177. The van der Waals surface area contributed by atoms with Gasteiger partial charge in [-0.25, -0.2) is 12.8 Å². The number of nitrogens with one attached hydrogen (secondary N) is 2. The molecule has 0 bridgehead atoms. The molecule has 4 N–H and O–H groups in total. The zero-order chi connectivity index (χ0) is 14.8. The molecular formula is C12H11ClFN3O2S. The molecule has 0 heterocycles. The van der Waals surface area contributed by atoms with Gasteiger partial charge in [-0.15, -0.1) is 0 Å². The predicted octanol–water partition coefficient (Wildman–Crippen LogP) is 2.57. The Balaban J connectivity index is 2.32. The maximum absolute atomic E-state index is 13.5. The summed E-state index contributed by atoms with van der Waals surface area (Å²) in [6.07, 6.45) is 0. The van der Waals surface area contributed by atoms with Gasteiger partial charge < -0.3 is 5.43 Å². The summed E-state index contributed by atoms with van der Waals surface area (Å²) < 4.78 is 39.8. The van der Waals surface area contributed by atoms with E-state index in [4.69, 9.17) is 17.4 Å². The number of nitrogens with two attached hydrogens (primary N) is 1. The summed E-state index contributed by atoms with van der Waals surface area (Å²) in [6, 6.07) is 9.29. The van der Waals surface area contributed by atoms with Gasteiger partial charge in [-0.05, 0) is 42.5 Å². The van der Waals surface area contributed by atoms with E-state index < -0.39 is 15.8 Å². The first kappa shape index (κ1) is 14.6. The molecule has 0 atom stereocenters. The van der Waals surface area contributed by atoms with E-state index in [1.807, 2.05) is 0 Å². The summed E-state index contributed by atoms with van der Waals surface area (Å²) in [7, 11) is -3.89. The van der Waals surface area contributed by atoms with Crippen LogP contribution < -0.4 is 16.0 Å². The molecule has 0 aliphatic rings. The second-order valence-corrected chi connectivity index (χ2v) is 6.02. The average Bonchev–Trinajstić information content (AvgIpc) is 2.43. The first-order chi connectivity index (χ1) is 9.42. The van der Waals surface area contributed by atoms with Crippen molar-refractivity contribution < 1.29 is 12.8 Å². The Morgan fingerprint density at radius 2 is 1.75 bits per heavy atom. The molecule has 0 aliphatic heterocycles. The number of nitrogen functional groups attached to an aromatic ring is 1. The Hall–Kier alpha value is -1.83. The highest BCUT2D eigenvalue weighted by molar-refractivity contribution is 7.92. The van der Waals surface area contributed by atoms with Gasteiger partial charge in [0.05, 0.1) is 10.6 Å². The highest BCUT2D eigenvalue weighted by Crippen LogP contribution is 2.23. The van der Waals surface area contributed by atoms with Crippen LogP contribution in [0.4, 0.5) is 15.8 Å². The van der Waals surface area contributed by atoms with Crippen molar-refractivity contribution in [2.24, 2.45) is 5.84 Å². The monoisotopic (exact) mass is 315 g/mol. The van der Waals surface area contributed by atoms with Crippen LogP contribution in [0.2, 0.25) is 5.02 Å². The summed E-state index contributed by atoms with van der Waals surface area (Å²) >= 11 is 5.71. The molecule has 2 rings (SSSR count). The number of sulfonamides is 1. The average molecular weight is 316 g/mol. The molecule has 5 nitrogen and oxygen atoms in total. The molecular weight excluding hydrogens is 305 g/mol. The number of halogens is 2. The molecule has 0 unspecified atom stereocenters. The molecule has 0 aromatic heterocycles. The van der Waals surface area contributed by atoms with Gasteiger partial charge in [0, 0.05) is 10.7 Å². The third-order valence-corrected chi connectivity index (χ3v) is 4.12. The van der Waals surface area contributed by atoms with Crippen molar-refractivity contribution in [2.45, 2.75) is 4.90 Å². The Bertz CT molecular complexity index is 720. The molecule has 2 aromatic carbocycles. The number of hydrogen-bond donors (Lipinski definition) is 3. The molecule has 106 valence electrons. The lowest BCUT2D eigenvalue weighted by Crippen LogP contribution is -2.14. The third-order valence-electron chi connectivity index (χ3n) is 2.50. The van der Waals surface area contributed by atoms with Gasteiger partial charge >= 0.3 is 0 Å². The van der Waals surface area contributed by atoms with Gasteiger partial charge in [-0.2, -0.15) is 0 Å². The standard InChI is InChI=1S/C12H11ClFN3O2S/c13-8-1-6-11(14)12(7-8)17-20(18,19)10-4-2-9(16-15)3-5-10/h1-7,16-17H,15H2. The molecule has 0 fully saturated rings. The van der Waals surface area contributed by atoms with Crippen molar-refractivity contribution in [1.29, 1.82) is 0 Å². The quantitative estimate of drug-likeness (QED) is 0.598. The van der Waals surface area contributed by atoms with E-state index >= 15 is 0 Å². The number of hydrazine groups is 1. The fourth-order valence-electron chi connectivity index (χ4n) is 1.51. The Morgan fingerprint density at radius 3 is 2.35 bits per heavy atom. The van der Waals surface area contributed by atoms with Crippen molar-refractivity contribution >= 4 is 33.0 Å². The largest absolute Gasteiger partial charge is 0.324 e. The Kier molecular flexibility index (Phi) is 4.12. The van der Waals surface area contributed by atoms with Crippen LogP contribution in [-0.4, -0.2) is 8.42 Å². The van der Waals surface area contributed by atoms with E-state index in [1.165, 1.54) is 36.4 Å². The summed E-state index contributed by atoms with van der Waals surface area (Å²) in [5.74, 6) is 4.48. The molecule has 20 heavy (non-hydrogen) atoms. The summed E-state index contributed by atoms with van der Waals surface area (Å²) in [5, 5.41) is 0.228. The molecule has 0 saturated heterocycles. The number of hydrogen-bond acceptors (Lipinski definition) is 4. The zero-order valence-electron chi connectivity index (χ0n) is 10.1.